The number of amides is 1. The Hall–Kier alpha value is -3.87. The van der Waals surface area contributed by atoms with Gasteiger partial charge in [0.2, 0.25) is 0 Å². The third kappa shape index (κ3) is 5.68. The minimum atomic E-state index is -0.382. The first kappa shape index (κ1) is 22.3. The topological polar surface area (TPSA) is 78.0 Å². The van der Waals surface area contributed by atoms with E-state index in [1.807, 2.05) is 35.2 Å². The van der Waals surface area contributed by atoms with Crippen molar-refractivity contribution in [3.63, 3.8) is 0 Å². The van der Waals surface area contributed by atoms with Gasteiger partial charge in [-0.1, -0.05) is 24.3 Å². The average molecular weight is 447 g/mol. The highest BCUT2D eigenvalue weighted by Gasteiger charge is 2.28. The van der Waals surface area contributed by atoms with E-state index in [0.29, 0.717) is 47.5 Å². The van der Waals surface area contributed by atoms with Gasteiger partial charge in [-0.3, -0.25) is 4.79 Å². The number of benzene rings is 2. The minimum absolute atomic E-state index is 0.136. The summed E-state index contributed by atoms with van der Waals surface area (Å²) in [6, 6.07) is 17.9. The quantitative estimate of drug-likeness (QED) is 0.443. The summed E-state index contributed by atoms with van der Waals surface area (Å²) in [4.78, 5) is 31.1. The SMILES string of the molecule is COC(=O)c1ccc(CN(CC2CC2)C(=O)c2ccc(Oc3ccccc3OC)cn2)cc1. The fraction of sp³-hybridized carbons (Fsp3) is 0.269. The largest absolute Gasteiger partial charge is 0.493 e. The van der Waals surface area contributed by atoms with Gasteiger partial charge in [0.15, 0.2) is 11.5 Å². The van der Waals surface area contributed by atoms with E-state index in [-0.39, 0.29) is 11.9 Å². The zero-order valence-electron chi connectivity index (χ0n) is 18.7. The molecule has 7 nitrogen and oxygen atoms in total. The first-order chi connectivity index (χ1) is 16.1. The summed E-state index contributed by atoms with van der Waals surface area (Å²) >= 11 is 0. The number of aromatic nitrogens is 1. The van der Waals surface area contributed by atoms with E-state index in [1.54, 1.807) is 43.6 Å². The molecule has 0 N–H and O–H groups in total. The summed E-state index contributed by atoms with van der Waals surface area (Å²) in [7, 11) is 2.94. The van der Waals surface area contributed by atoms with E-state index in [4.69, 9.17) is 14.2 Å². The molecule has 0 radical (unpaired) electrons. The van der Waals surface area contributed by atoms with Gasteiger partial charge in [-0.05, 0) is 60.7 Å². The Kier molecular flexibility index (Phi) is 6.88. The van der Waals surface area contributed by atoms with Crippen LogP contribution >= 0.6 is 0 Å². The van der Waals surface area contributed by atoms with Crippen molar-refractivity contribution in [2.45, 2.75) is 19.4 Å². The Bertz CT molecular complexity index is 1110. The van der Waals surface area contributed by atoms with E-state index in [1.165, 1.54) is 7.11 Å². The predicted molar refractivity (Wildman–Crippen MR) is 123 cm³/mol. The number of rotatable bonds is 9. The second-order valence-corrected chi connectivity index (χ2v) is 7.95. The van der Waals surface area contributed by atoms with E-state index < -0.39 is 0 Å². The van der Waals surface area contributed by atoms with Crippen LogP contribution in [-0.4, -0.2) is 42.5 Å². The smallest absolute Gasteiger partial charge is 0.337 e. The number of carbonyl (C=O) groups excluding carboxylic acids is 2. The number of esters is 1. The molecule has 1 heterocycles. The molecule has 3 aromatic rings. The van der Waals surface area contributed by atoms with Gasteiger partial charge in [-0.25, -0.2) is 9.78 Å². The molecule has 0 saturated heterocycles. The third-order valence-corrected chi connectivity index (χ3v) is 5.46. The lowest BCUT2D eigenvalue weighted by Crippen LogP contribution is -2.33. The number of methoxy groups -OCH3 is 2. The molecule has 1 aromatic heterocycles. The van der Waals surface area contributed by atoms with Gasteiger partial charge >= 0.3 is 5.97 Å². The summed E-state index contributed by atoms with van der Waals surface area (Å²) in [5.74, 6) is 1.72. The van der Waals surface area contributed by atoms with Crippen molar-refractivity contribution < 1.29 is 23.8 Å². The van der Waals surface area contributed by atoms with Crippen molar-refractivity contribution in [1.82, 2.24) is 9.88 Å². The van der Waals surface area contributed by atoms with Crippen LogP contribution in [0, 0.1) is 5.92 Å². The van der Waals surface area contributed by atoms with Crippen LogP contribution in [0.2, 0.25) is 0 Å². The number of carbonyl (C=O) groups is 2. The summed E-state index contributed by atoms with van der Waals surface area (Å²) < 4.78 is 15.9. The van der Waals surface area contributed by atoms with Crippen molar-refractivity contribution in [3.8, 4) is 17.2 Å². The maximum absolute atomic E-state index is 13.2. The highest BCUT2D eigenvalue weighted by Crippen LogP contribution is 2.32. The van der Waals surface area contributed by atoms with Crippen molar-refractivity contribution in [1.29, 1.82) is 0 Å². The maximum Gasteiger partial charge on any atom is 0.337 e. The van der Waals surface area contributed by atoms with Crippen molar-refractivity contribution in [2.24, 2.45) is 5.92 Å². The lowest BCUT2D eigenvalue weighted by Gasteiger charge is -2.22. The van der Waals surface area contributed by atoms with E-state index >= 15 is 0 Å². The molecule has 1 amide bonds. The molecule has 7 heteroatoms. The highest BCUT2D eigenvalue weighted by molar-refractivity contribution is 5.92. The second-order valence-electron chi connectivity index (χ2n) is 7.95. The van der Waals surface area contributed by atoms with E-state index in [0.717, 1.165) is 18.4 Å². The molecular weight excluding hydrogens is 420 g/mol. The van der Waals surface area contributed by atoms with Gasteiger partial charge in [-0.2, -0.15) is 0 Å². The highest BCUT2D eigenvalue weighted by atomic mass is 16.5. The molecule has 4 rings (SSSR count). The number of hydrogen-bond donors (Lipinski definition) is 0. The Morgan fingerprint density at radius 1 is 0.970 bits per heavy atom. The zero-order chi connectivity index (χ0) is 23.2. The van der Waals surface area contributed by atoms with Crippen LogP contribution in [0.25, 0.3) is 0 Å². The van der Waals surface area contributed by atoms with Gasteiger partial charge < -0.3 is 19.1 Å². The number of hydrogen-bond acceptors (Lipinski definition) is 6. The first-order valence-electron chi connectivity index (χ1n) is 10.8. The average Bonchev–Trinajstić information content (AvgIpc) is 3.68. The molecule has 1 aliphatic carbocycles. The fourth-order valence-corrected chi connectivity index (χ4v) is 3.48. The lowest BCUT2D eigenvalue weighted by atomic mass is 10.1. The molecule has 170 valence electrons. The Morgan fingerprint density at radius 3 is 2.30 bits per heavy atom. The third-order valence-electron chi connectivity index (χ3n) is 5.46. The van der Waals surface area contributed by atoms with E-state index in [9.17, 15) is 9.59 Å². The van der Waals surface area contributed by atoms with Crippen LogP contribution in [0.3, 0.4) is 0 Å². The van der Waals surface area contributed by atoms with Crippen LogP contribution in [0.4, 0.5) is 0 Å². The van der Waals surface area contributed by atoms with Crippen molar-refractivity contribution in [3.05, 3.63) is 83.7 Å². The van der Waals surface area contributed by atoms with Gasteiger partial charge in [-0.15, -0.1) is 0 Å². The standard InChI is InChI=1S/C26H26N2O5/c1-31-23-5-3-4-6-24(23)33-21-13-14-22(27-15-21)25(29)28(16-18-7-8-18)17-19-9-11-20(12-10-19)26(30)32-2/h3-6,9-15,18H,7-8,16-17H2,1-2H3. The van der Waals surface area contributed by atoms with Crippen molar-refractivity contribution >= 4 is 11.9 Å². The van der Waals surface area contributed by atoms with Crippen LogP contribution in [0.1, 0.15) is 39.3 Å². The molecule has 1 fully saturated rings. The van der Waals surface area contributed by atoms with Crippen molar-refractivity contribution in [2.75, 3.05) is 20.8 Å². The Morgan fingerprint density at radius 2 is 1.70 bits per heavy atom. The summed E-state index contributed by atoms with van der Waals surface area (Å²) in [5.41, 5.74) is 1.77. The zero-order valence-corrected chi connectivity index (χ0v) is 18.7. The molecule has 0 atom stereocenters. The number of para-hydroxylation sites is 2. The van der Waals surface area contributed by atoms with Gasteiger partial charge in [0, 0.05) is 13.1 Å². The fourth-order valence-electron chi connectivity index (χ4n) is 3.48. The Balaban J connectivity index is 1.46. The summed E-state index contributed by atoms with van der Waals surface area (Å²) in [5, 5.41) is 0. The molecule has 33 heavy (non-hydrogen) atoms. The molecule has 0 bridgehead atoms. The molecule has 0 unspecified atom stereocenters. The number of ether oxygens (including phenoxy) is 3. The molecule has 0 aliphatic heterocycles. The van der Waals surface area contributed by atoms with Crippen LogP contribution in [0.15, 0.2) is 66.9 Å². The van der Waals surface area contributed by atoms with Crippen LogP contribution < -0.4 is 9.47 Å². The summed E-state index contributed by atoms with van der Waals surface area (Å²) in [6.45, 7) is 1.12. The number of pyridine rings is 1. The van der Waals surface area contributed by atoms with Gasteiger partial charge in [0.25, 0.3) is 5.91 Å². The summed E-state index contributed by atoms with van der Waals surface area (Å²) in [6.07, 6.45) is 3.80. The van der Waals surface area contributed by atoms with Crippen LogP contribution in [-0.2, 0) is 11.3 Å². The molecular formula is C26H26N2O5. The molecule has 1 aliphatic rings. The molecule has 1 saturated carbocycles. The van der Waals surface area contributed by atoms with Gasteiger partial charge in [0.1, 0.15) is 11.4 Å². The molecule has 0 spiro atoms. The monoisotopic (exact) mass is 446 g/mol. The normalized spacial score (nSPS) is 12.7. The predicted octanol–water partition coefficient (Wildman–Crippen LogP) is 4.72. The first-order valence-corrected chi connectivity index (χ1v) is 10.8. The van der Waals surface area contributed by atoms with Gasteiger partial charge in [0.05, 0.1) is 26.0 Å². The second kappa shape index (κ2) is 10.2. The van der Waals surface area contributed by atoms with Crippen LogP contribution in [0.5, 0.6) is 17.2 Å². The molecule has 2 aromatic carbocycles. The maximum atomic E-state index is 13.2. The lowest BCUT2D eigenvalue weighted by molar-refractivity contribution is 0.0600. The Labute approximate surface area is 192 Å². The van der Waals surface area contributed by atoms with E-state index in [2.05, 4.69) is 4.98 Å². The minimum Gasteiger partial charge on any atom is -0.493 e. The number of nitrogens with zero attached hydrogens (tertiary/aromatic N) is 2.